The molecule has 0 fully saturated rings. The number of amides is 1. The first kappa shape index (κ1) is 18.8. The molecule has 25 heavy (non-hydrogen) atoms. The predicted molar refractivity (Wildman–Crippen MR) is 93.5 cm³/mol. The molecule has 0 saturated heterocycles. The van der Waals surface area contributed by atoms with Gasteiger partial charge in [-0.2, -0.15) is 0 Å². The van der Waals surface area contributed by atoms with E-state index in [1.54, 1.807) is 6.07 Å². The molecule has 6 nitrogen and oxygen atoms in total. The van der Waals surface area contributed by atoms with Crippen LogP contribution in [-0.4, -0.2) is 32.1 Å². The van der Waals surface area contributed by atoms with Crippen molar-refractivity contribution in [3.05, 3.63) is 63.1 Å². The minimum absolute atomic E-state index is 0.0750. The molecule has 1 N–H and O–H groups in total. The molecule has 0 aliphatic carbocycles. The molecule has 130 valence electrons. The van der Waals surface area contributed by atoms with Crippen LogP contribution in [0.4, 0.5) is 5.69 Å². The second-order valence-electron chi connectivity index (χ2n) is 4.83. The molecule has 2 aromatic rings. The molecule has 2 aromatic carbocycles. The lowest BCUT2D eigenvalue weighted by Gasteiger charge is -2.11. The van der Waals surface area contributed by atoms with Gasteiger partial charge in [0, 0.05) is 5.69 Å². The Labute approximate surface area is 153 Å². The van der Waals surface area contributed by atoms with Gasteiger partial charge in [0.15, 0.2) is 0 Å². The van der Waals surface area contributed by atoms with Crippen LogP contribution in [0.3, 0.4) is 0 Å². The molecule has 0 aromatic heterocycles. The van der Waals surface area contributed by atoms with Gasteiger partial charge in [-0.3, -0.25) is 4.79 Å². The summed E-state index contributed by atoms with van der Waals surface area (Å²) in [4.78, 5) is 36.0. The Hall–Kier alpha value is -2.57. The highest BCUT2D eigenvalue weighted by Gasteiger charge is 2.18. The Morgan fingerprint density at radius 1 is 0.880 bits per heavy atom. The fourth-order valence-electron chi connectivity index (χ4n) is 2.08. The Morgan fingerprint density at radius 3 is 1.80 bits per heavy atom. The summed E-state index contributed by atoms with van der Waals surface area (Å²) in [6.45, 7) is 0. The molecule has 0 bridgehead atoms. The number of hydrogen-bond acceptors (Lipinski definition) is 5. The summed E-state index contributed by atoms with van der Waals surface area (Å²) in [5.41, 5.74) is 0.412. The topological polar surface area (TPSA) is 81.7 Å². The van der Waals surface area contributed by atoms with Crippen LogP contribution in [0.2, 0.25) is 10.0 Å². The van der Waals surface area contributed by atoms with E-state index in [1.807, 2.05) is 0 Å². The maximum absolute atomic E-state index is 12.4. The molecule has 0 radical (unpaired) electrons. The van der Waals surface area contributed by atoms with Gasteiger partial charge in [-0.25, -0.2) is 9.59 Å². The van der Waals surface area contributed by atoms with Crippen molar-refractivity contribution in [1.82, 2.24) is 0 Å². The quantitative estimate of drug-likeness (QED) is 0.814. The third-order valence-corrected chi connectivity index (χ3v) is 3.85. The van der Waals surface area contributed by atoms with Crippen molar-refractivity contribution in [3.8, 4) is 0 Å². The first-order valence-corrected chi connectivity index (χ1v) is 7.70. The Kier molecular flexibility index (Phi) is 6.01. The van der Waals surface area contributed by atoms with Crippen LogP contribution in [0.1, 0.15) is 31.1 Å². The van der Waals surface area contributed by atoms with Gasteiger partial charge in [0.1, 0.15) is 0 Å². The van der Waals surface area contributed by atoms with E-state index in [0.717, 1.165) is 0 Å². The summed E-state index contributed by atoms with van der Waals surface area (Å²) in [7, 11) is 2.41. The lowest BCUT2D eigenvalue weighted by molar-refractivity contribution is 0.0599. The van der Waals surface area contributed by atoms with E-state index >= 15 is 0 Å². The normalized spacial score (nSPS) is 10.1. The van der Waals surface area contributed by atoms with Gasteiger partial charge >= 0.3 is 11.9 Å². The molecule has 0 saturated carbocycles. The number of rotatable bonds is 4. The fourth-order valence-corrected chi connectivity index (χ4v) is 2.65. The van der Waals surface area contributed by atoms with Gasteiger partial charge in [0.05, 0.1) is 41.0 Å². The number of anilines is 1. The van der Waals surface area contributed by atoms with Gasteiger partial charge in [-0.1, -0.05) is 29.3 Å². The number of hydrogen-bond donors (Lipinski definition) is 1. The lowest BCUT2D eigenvalue weighted by Crippen LogP contribution is -2.15. The Balaban J connectivity index is 2.42. The molecule has 0 heterocycles. The smallest absolute Gasteiger partial charge is 0.337 e. The van der Waals surface area contributed by atoms with Gasteiger partial charge in [-0.05, 0) is 30.3 Å². The third kappa shape index (κ3) is 4.29. The average molecular weight is 382 g/mol. The average Bonchev–Trinajstić information content (AvgIpc) is 2.59. The van der Waals surface area contributed by atoms with Crippen molar-refractivity contribution < 1.29 is 23.9 Å². The Morgan fingerprint density at radius 2 is 1.36 bits per heavy atom. The molecule has 8 heteroatoms. The number of benzene rings is 2. The van der Waals surface area contributed by atoms with E-state index in [4.69, 9.17) is 23.2 Å². The number of esters is 2. The van der Waals surface area contributed by atoms with Crippen molar-refractivity contribution >= 4 is 46.7 Å². The minimum Gasteiger partial charge on any atom is -0.465 e. The molecule has 2 rings (SSSR count). The zero-order chi connectivity index (χ0) is 18.6. The summed E-state index contributed by atoms with van der Waals surface area (Å²) in [5.74, 6) is -1.93. The highest BCUT2D eigenvalue weighted by atomic mass is 35.5. The number of halogens is 2. The SMILES string of the molecule is COC(=O)c1cc(NC(=O)c2c(Cl)cccc2Cl)cc(C(=O)OC)c1. The van der Waals surface area contributed by atoms with Crippen molar-refractivity contribution in [2.45, 2.75) is 0 Å². The third-order valence-electron chi connectivity index (χ3n) is 3.22. The standard InChI is InChI=1S/C17H13Cl2NO5/c1-24-16(22)9-6-10(17(23)25-2)8-11(7-9)20-15(21)14-12(18)4-3-5-13(14)19/h3-8H,1-2H3,(H,20,21). The van der Waals surface area contributed by atoms with Crippen LogP contribution in [0, 0.1) is 0 Å². The van der Waals surface area contributed by atoms with Crippen LogP contribution in [0.15, 0.2) is 36.4 Å². The number of ether oxygens (including phenoxy) is 2. The van der Waals surface area contributed by atoms with Crippen molar-refractivity contribution in [2.75, 3.05) is 19.5 Å². The summed E-state index contributed by atoms with van der Waals surface area (Å²) < 4.78 is 9.28. The molecule has 0 unspecified atom stereocenters. The summed E-state index contributed by atoms with van der Waals surface area (Å²) >= 11 is 12.0. The maximum Gasteiger partial charge on any atom is 0.337 e. The van der Waals surface area contributed by atoms with Crippen LogP contribution in [0.25, 0.3) is 0 Å². The van der Waals surface area contributed by atoms with Crippen LogP contribution in [-0.2, 0) is 9.47 Å². The van der Waals surface area contributed by atoms with Crippen LogP contribution >= 0.6 is 23.2 Å². The molecule has 0 aliphatic rings. The number of carbonyl (C=O) groups excluding carboxylic acids is 3. The van der Waals surface area contributed by atoms with E-state index in [9.17, 15) is 14.4 Å². The minimum atomic E-state index is -0.669. The van der Waals surface area contributed by atoms with E-state index in [-0.39, 0.29) is 32.4 Å². The van der Waals surface area contributed by atoms with E-state index in [0.29, 0.717) is 0 Å². The highest BCUT2D eigenvalue weighted by molar-refractivity contribution is 6.40. The van der Waals surface area contributed by atoms with Crippen LogP contribution in [0.5, 0.6) is 0 Å². The first-order valence-electron chi connectivity index (χ1n) is 6.94. The fraction of sp³-hybridized carbons (Fsp3) is 0.118. The molecular formula is C17H13Cl2NO5. The summed E-state index contributed by atoms with van der Waals surface area (Å²) in [6, 6.07) is 8.67. The van der Waals surface area contributed by atoms with Crippen molar-refractivity contribution in [3.63, 3.8) is 0 Å². The van der Waals surface area contributed by atoms with E-state index < -0.39 is 17.8 Å². The second kappa shape index (κ2) is 8.00. The van der Waals surface area contributed by atoms with Crippen molar-refractivity contribution in [1.29, 1.82) is 0 Å². The van der Waals surface area contributed by atoms with Crippen molar-refractivity contribution in [2.24, 2.45) is 0 Å². The van der Waals surface area contributed by atoms with Gasteiger partial charge < -0.3 is 14.8 Å². The molecule has 0 aliphatic heterocycles. The molecule has 0 spiro atoms. The summed E-state index contributed by atoms with van der Waals surface area (Å²) in [6.07, 6.45) is 0. The number of carbonyl (C=O) groups is 3. The predicted octanol–water partition coefficient (Wildman–Crippen LogP) is 3.82. The highest BCUT2D eigenvalue weighted by Crippen LogP contribution is 2.26. The zero-order valence-electron chi connectivity index (χ0n) is 13.3. The van der Waals surface area contributed by atoms with Gasteiger partial charge in [0.25, 0.3) is 5.91 Å². The number of methoxy groups -OCH3 is 2. The van der Waals surface area contributed by atoms with E-state index in [1.165, 1.54) is 44.6 Å². The molecule has 0 atom stereocenters. The van der Waals surface area contributed by atoms with Gasteiger partial charge in [-0.15, -0.1) is 0 Å². The summed E-state index contributed by atoms with van der Waals surface area (Å²) in [5, 5.41) is 2.89. The zero-order valence-corrected chi connectivity index (χ0v) is 14.8. The van der Waals surface area contributed by atoms with Gasteiger partial charge in [0.2, 0.25) is 0 Å². The maximum atomic E-state index is 12.4. The van der Waals surface area contributed by atoms with E-state index in [2.05, 4.69) is 14.8 Å². The Bertz CT molecular complexity index is 796. The lowest BCUT2D eigenvalue weighted by atomic mass is 10.1. The number of nitrogens with one attached hydrogen (secondary N) is 1. The molecular weight excluding hydrogens is 369 g/mol. The molecule has 1 amide bonds. The second-order valence-corrected chi connectivity index (χ2v) is 5.65. The monoisotopic (exact) mass is 381 g/mol. The largest absolute Gasteiger partial charge is 0.465 e. The van der Waals surface area contributed by atoms with Crippen LogP contribution < -0.4 is 5.32 Å². The first-order chi connectivity index (χ1) is 11.9.